The van der Waals surface area contributed by atoms with Gasteiger partial charge in [0.1, 0.15) is 5.52 Å². The number of carbonyl (C=O) groups excluding carboxylic acids is 1. The number of aromatic nitrogens is 1. The third-order valence-electron chi connectivity index (χ3n) is 4.66. The van der Waals surface area contributed by atoms with Crippen molar-refractivity contribution in [3.05, 3.63) is 77.3 Å². The Morgan fingerprint density at radius 2 is 1.90 bits per heavy atom. The van der Waals surface area contributed by atoms with Gasteiger partial charge in [0.15, 0.2) is 5.58 Å². The maximum absolute atomic E-state index is 12.3. The lowest BCUT2D eigenvalue weighted by molar-refractivity contribution is -0.113. The number of hydrogen-bond donors (Lipinski definition) is 1. The number of rotatable bonds is 6. The quantitative estimate of drug-likeness (QED) is 0.330. The van der Waals surface area contributed by atoms with Crippen LogP contribution in [0.1, 0.15) is 25.3 Å². The molecule has 0 aliphatic heterocycles. The zero-order valence-corrected chi connectivity index (χ0v) is 18.3. The molecule has 1 aromatic heterocycles. The molecule has 30 heavy (non-hydrogen) atoms. The summed E-state index contributed by atoms with van der Waals surface area (Å²) in [6, 6.07) is 21.1. The van der Waals surface area contributed by atoms with Crippen LogP contribution in [0.5, 0.6) is 0 Å². The molecule has 0 aliphatic rings. The van der Waals surface area contributed by atoms with E-state index in [1.165, 1.54) is 17.3 Å². The highest BCUT2D eigenvalue weighted by Crippen LogP contribution is 2.28. The number of anilines is 1. The Labute approximate surface area is 184 Å². The lowest BCUT2D eigenvalue weighted by Crippen LogP contribution is -2.13. The summed E-state index contributed by atoms with van der Waals surface area (Å²) < 4.78 is 5.93. The summed E-state index contributed by atoms with van der Waals surface area (Å²) in [5.74, 6) is 1.20. The summed E-state index contributed by atoms with van der Waals surface area (Å²) in [6.07, 6.45) is 0. The van der Waals surface area contributed by atoms with Crippen molar-refractivity contribution in [3.8, 4) is 11.5 Å². The van der Waals surface area contributed by atoms with E-state index in [-0.39, 0.29) is 5.91 Å². The molecular weight excluding hydrogens is 416 g/mol. The smallest absolute Gasteiger partial charge is 0.234 e. The molecule has 0 saturated heterocycles. The van der Waals surface area contributed by atoms with Crippen LogP contribution in [0.4, 0.5) is 5.69 Å². The van der Waals surface area contributed by atoms with E-state index in [1.807, 2.05) is 54.6 Å². The summed E-state index contributed by atoms with van der Waals surface area (Å²) >= 11 is 7.36. The minimum absolute atomic E-state index is 0.0776. The van der Waals surface area contributed by atoms with Crippen LogP contribution < -0.4 is 5.32 Å². The van der Waals surface area contributed by atoms with Crippen molar-refractivity contribution in [3.63, 3.8) is 0 Å². The van der Waals surface area contributed by atoms with E-state index in [4.69, 9.17) is 16.0 Å². The van der Waals surface area contributed by atoms with E-state index in [9.17, 15) is 4.79 Å². The number of amides is 1. The molecule has 0 bridgehead atoms. The second kappa shape index (κ2) is 8.94. The Morgan fingerprint density at radius 1 is 1.10 bits per heavy atom. The van der Waals surface area contributed by atoms with Gasteiger partial charge in [0, 0.05) is 21.2 Å². The van der Waals surface area contributed by atoms with Crippen LogP contribution in [0, 0.1) is 0 Å². The van der Waals surface area contributed by atoms with Gasteiger partial charge in [0.25, 0.3) is 0 Å². The first-order valence-corrected chi connectivity index (χ1v) is 11.0. The highest BCUT2D eigenvalue weighted by atomic mass is 35.5. The summed E-state index contributed by atoms with van der Waals surface area (Å²) in [5, 5.41) is 3.62. The zero-order chi connectivity index (χ0) is 21.1. The highest BCUT2D eigenvalue weighted by Gasteiger charge is 2.11. The number of benzene rings is 3. The molecule has 4 rings (SSSR count). The lowest BCUT2D eigenvalue weighted by Gasteiger charge is -2.06. The van der Waals surface area contributed by atoms with Gasteiger partial charge in [-0.05, 0) is 66.1 Å². The molecule has 0 radical (unpaired) electrons. The van der Waals surface area contributed by atoms with Crippen LogP contribution in [-0.2, 0) is 4.79 Å². The number of thioether (sulfide) groups is 1. The van der Waals surface area contributed by atoms with Crippen LogP contribution >= 0.6 is 23.4 Å². The van der Waals surface area contributed by atoms with Gasteiger partial charge >= 0.3 is 0 Å². The SMILES string of the molecule is CC(C)c1ccc2oc(-c3cccc(NC(=O)CSc4ccc(Cl)cc4)c3)nc2c1. The second-order valence-corrected chi connectivity index (χ2v) is 8.76. The maximum atomic E-state index is 12.3. The molecule has 0 fully saturated rings. The first kappa shape index (κ1) is 20.5. The number of hydrogen-bond acceptors (Lipinski definition) is 4. The lowest BCUT2D eigenvalue weighted by atomic mass is 10.0. The van der Waals surface area contributed by atoms with E-state index >= 15 is 0 Å². The summed E-state index contributed by atoms with van der Waals surface area (Å²) in [5.41, 5.74) is 4.34. The zero-order valence-electron chi connectivity index (χ0n) is 16.7. The van der Waals surface area contributed by atoms with Gasteiger partial charge in [-0.1, -0.05) is 37.6 Å². The predicted molar refractivity (Wildman–Crippen MR) is 124 cm³/mol. The van der Waals surface area contributed by atoms with Crippen LogP contribution in [0.25, 0.3) is 22.6 Å². The predicted octanol–water partition coefficient (Wildman–Crippen LogP) is 7.00. The Balaban J connectivity index is 1.46. The Morgan fingerprint density at radius 3 is 2.67 bits per heavy atom. The molecule has 0 spiro atoms. The summed E-state index contributed by atoms with van der Waals surface area (Å²) in [7, 11) is 0. The third kappa shape index (κ3) is 4.86. The largest absolute Gasteiger partial charge is 0.436 e. The fourth-order valence-electron chi connectivity index (χ4n) is 3.03. The fraction of sp³-hybridized carbons (Fsp3) is 0.167. The van der Waals surface area contributed by atoms with Gasteiger partial charge in [0.05, 0.1) is 5.75 Å². The number of halogens is 1. The minimum atomic E-state index is -0.0776. The topological polar surface area (TPSA) is 55.1 Å². The van der Waals surface area contributed by atoms with Gasteiger partial charge in [0.2, 0.25) is 11.8 Å². The third-order valence-corrected chi connectivity index (χ3v) is 5.92. The molecule has 152 valence electrons. The molecule has 4 aromatic rings. The van der Waals surface area contributed by atoms with Gasteiger partial charge in [-0.2, -0.15) is 0 Å². The normalized spacial score (nSPS) is 11.2. The standard InChI is InChI=1S/C24H21ClN2O2S/c1-15(2)16-6-11-22-21(13-16)27-24(29-22)17-4-3-5-19(12-17)26-23(28)14-30-20-9-7-18(25)8-10-20/h3-13,15H,14H2,1-2H3,(H,26,28). The number of fused-ring (bicyclic) bond motifs is 1. The Hall–Kier alpha value is -2.76. The number of nitrogens with zero attached hydrogens (tertiary/aromatic N) is 1. The number of carbonyl (C=O) groups is 1. The molecule has 1 heterocycles. The van der Waals surface area contributed by atoms with Gasteiger partial charge < -0.3 is 9.73 Å². The van der Waals surface area contributed by atoms with E-state index in [1.54, 1.807) is 0 Å². The van der Waals surface area contributed by atoms with Crippen molar-refractivity contribution in [2.45, 2.75) is 24.7 Å². The first-order chi connectivity index (χ1) is 14.5. The Kier molecular flexibility index (Phi) is 6.11. The van der Waals surface area contributed by atoms with Gasteiger partial charge in [-0.25, -0.2) is 4.98 Å². The molecule has 4 nitrogen and oxygen atoms in total. The second-order valence-electron chi connectivity index (χ2n) is 7.27. The van der Waals surface area contributed by atoms with Crippen molar-refractivity contribution >= 4 is 46.1 Å². The van der Waals surface area contributed by atoms with Gasteiger partial charge in [-0.15, -0.1) is 11.8 Å². The van der Waals surface area contributed by atoms with E-state index in [0.717, 1.165) is 21.6 Å². The van der Waals surface area contributed by atoms with Crippen molar-refractivity contribution in [1.29, 1.82) is 0 Å². The molecule has 1 N–H and O–H groups in total. The minimum Gasteiger partial charge on any atom is -0.436 e. The molecular formula is C24H21ClN2O2S. The van der Waals surface area contributed by atoms with Crippen LogP contribution in [0.3, 0.4) is 0 Å². The van der Waals surface area contributed by atoms with Crippen LogP contribution in [-0.4, -0.2) is 16.6 Å². The van der Waals surface area contributed by atoms with Crippen molar-refractivity contribution in [1.82, 2.24) is 4.98 Å². The summed E-state index contributed by atoms with van der Waals surface area (Å²) in [4.78, 5) is 18.0. The molecule has 1 amide bonds. The monoisotopic (exact) mass is 436 g/mol. The van der Waals surface area contributed by atoms with Crippen LogP contribution in [0.2, 0.25) is 5.02 Å². The Bertz CT molecular complexity index is 1190. The van der Waals surface area contributed by atoms with Crippen molar-refractivity contribution < 1.29 is 9.21 Å². The molecule has 0 aliphatic carbocycles. The summed E-state index contributed by atoms with van der Waals surface area (Å²) in [6.45, 7) is 4.30. The van der Waals surface area contributed by atoms with Crippen molar-refractivity contribution in [2.75, 3.05) is 11.1 Å². The van der Waals surface area contributed by atoms with Gasteiger partial charge in [-0.3, -0.25) is 4.79 Å². The van der Waals surface area contributed by atoms with E-state index in [2.05, 4.69) is 36.3 Å². The number of nitrogens with one attached hydrogen (secondary N) is 1. The van der Waals surface area contributed by atoms with Crippen LogP contribution in [0.15, 0.2) is 76.0 Å². The van der Waals surface area contributed by atoms with E-state index < -0.39 is 0 Å². The maximum Gasteiger partial charge on any atom is 0.234 e. The molecule has 6 heteroatoms. The highest BCUT2D eigenvalue weighted by molar-refractivity contribution is 8.00. The fourth-order valence-corrected chi connectivity index (χ4v) is 3.86. The first-order valence-electron chi connectivity index (χ1n) is 9.67. The molecule has 0 saturated carbocycles. The molecule has 0 atom stereocenters. The average Bonchev–Trinajstić information content (AvgIpc) is 3.17. The number of oxazole rings is 1. The molecule has 0 unspecified atom stereocenters. The van der Waals surface area contributed by atoms with Crippen molar-refractivity contribution in [2.24, 2.45) is 0 Å². The van der Waals surface area contributed by atoms with E-state index in [0.29, 0.717) is 28.3 Å². The average molecular weight is 437 g/mol. The molecule has 3 aromatic carbocycles.